The molecule has 4 atom stereocenters. The number of rotatable bonds is 1. The van der Waals surface area contributed by atoms with Gasteiger partial charge in [-0.1, -0.05) is 48.6 Å². The summed E-state index contributed by atoms with van der Waals surface area (Å²) in [7, 11) is 0. The van der Waals surface area contributed by atoms with Gasteiger partial charge in [0.15, 0.2) is 0 Å². The number of ketones is 1. The molecule has 3 aliphatic carbocycles. The third-order valence-corrected chi connectivity index (χ3v) is 4.50. The van der Waals surface area contributed by atoms with Crippen LogP contribution >= 0.6 is 0 Å². The minimum Gasteiger partial charge on any atom is -0.299 e. The summed E-state index contributed by atoms with van der Waals surface area (Å²) in [6, 6.07) is 10.4. The van der Waals surface area contributed by atoms with Gasteiger partial charge in [-0.25, -0.2) is 0 Å². The number of allylic oxidation sites excluding steroid dienone is 4. The van der Waals surface area contributed by atoms with Gasteiger partial charge in [-0.05, 0) is 28.9 Å². The summed E-state index contributed by atoms with van der Waals surface area (Å²) in [6.45, 7) is 0. The van der Waals surface area contributed by atoms with Crippen molar-refractivity contribution in [1.82, 2.24) is 0 Å². The summed E-state index contributed by atoms with van der Waals surface area (Å²) in [4.78, 5) is 12.2. The Bertz CT molecular complexity index is 538. The van der Waals surface area contributed by atoms with Crippen LogP contribution in [0.5, 0.6) is 0 Å². The maximum absolute atomic E-state index is 12.2. The van der Waals surface area contributed by atoms with E-state index in [2.05, 4.69) is 42.5 Å². The number of carbonyl (C=O) groups is 1. The van der Waals surface area contributed by atoms with Crippen LogP contribution in [0.2, 0.25) is 0 Å². The number of Topliss-reactive ketones (excluding diaryl/α,β-unsaturated/α-hetero) is 1. The quantitative estimate of drug-likeness (QED) is 0.667. The molecule has 0 bridgehead atoms. The highest BCUT2D eigenvalue weighted by molar-refractivity contribution is 5.98. The molecule has 1 saturated carbocycles. The van der Waals surface area contributed by atoms with E-state index in [4.69, 9.17) is 0 Å². The lowest BCUT2D eigenvalue weighted by atomic mass is 9.86. The molecule has 0 spiro atoms. The predicted octanol–water partition coefficient (Wildman–Crippen LogP) is 3.09. The van der Waals surface area contributed by atoms with Crippen molar-refractivity contribution in [1.29, 1.82) is 0 Å². The SMILES string of the molecule is O=C1C[C@@H]2C=C[C@H]3C=C(c4ccccc4)[C@@H]1[C@H]32. The topological polar surface area (TPSA) is 17.1 Å². The van der Waals surface area contributed by atoms with E-state index >= 15 is 0 Å². The molecule has 0 saturated heterocycles. The van der Waals surface area contributed by atoms with Gasteiger partial charge in [0, 0.05) is 12.3 Å². The normalized spacial score (nSPS) is 37.4. The Kier molecular flexibility index (Phi) is 1.77. The van der Waals surface area contributed by atoms with Crippen molar-refractivity contribution in [3.05, 3.63) is 54.1 Å². The molecule has 0 radical (unpaired) electrons. The van der Waals surface area contributed by atoms with Crippen molar-refractivity contribution >= 4 is 11.4 Å². The largest absolute Gasteiger partial charge is 0.299 e. The lowest BCUT2D eigenvalue weighted by Gasteiger charge is -2.15. The zero-order chi connectivity index (χ0) is 11.4. The third-order valence-electron chi connectivity index (χ3n) is 4.50. The fourth-order valence-electron chi connectivity index (χ4n) is 3.83. The van der Waals surface area contributed by atoms with Crippen molar-refractivity contribution in [3.63, 3.8) is 0 Å². The number of hydrogen-bond donors (Lipinski definition) is 0. The highest BCUT2D eigenvalue weighted by Crippen LogP contribution is 2.55. The second-order valence-corrected chi connectivity index (χ2v) is 5.34. The lowest BCUT2D eigenvalue weighted by Crippen LogP contribution is -2.15. The Balaban J connectivity index is 1.83. The van der Waals surface area contributed by atoms with Crippen molar-refractivity contribution < 1.29 is 4.79 Å². The summed E-state index contributed by atoms with van der Waals surface area (Å²) in [5, 5.41) is 0. The molecule has 1 fully saturated rings. The number of hydrogen-bond acceptors (Lipinski definition) is 1. The second-order valence-electron chi connectivity index (χ2n) is 5.34. The van der Waals surface area contributed by atoms with Gasteiger partial charge < -0.3 is 0 Å². The minimum absolute atomic E-state index is 0.169. The van der Waals surface area contributed by atoms with Crippen LogP contribution in [0.15, 0.2) is 48.6 Å². The summed E-state index contributed by atoms with van der Waals surface area (Å²) in [5.74, 6) is 2.17. The fourth-order valence-corrected chi connectivity index (χ4v) is 3.83. The minimum atomic E-state index is 0.169. The molecule has 3 aliphatic rings. The lowest BCUT2D eigenvalue weighted by molar-refractivity contribution is -0.119. The molecule has 0 unspecified atom stereocenters. The first-order valence-electron chi connectivity index (χ1n) is 6.33. The van der Waals surface area contributed by atoms with E-state index in [0.717, 1.165) is 6.42 Å². The molecule has 17 heavy (non-hydrogen) atoms. The molecule has 0 heterocycles. The maximum atomic E-state index is 12.2. The average Bonchev–Trinajstić information content (AvgIpc) is 2.98. The van der Waals surface area contributed by atoms with E-state index < -0.39 is 0 Å². The predicted molar refractivity (Wildman–Crippen MR) is 67.1 cm³/mol. The Morgan fingerprint density at radius 1 is 1.06 bits per heavy atom. The first kappa shape index (κ1) is 9.41. The second kappa shape index (κ2) is 3.19. The molecule has 1 heteroatoms. The smallest absolute Gasteiger partial charge is 0.141 e. The maximum Gasteiger partial charge on any atom is 0.141 e. The summed E-state index contributed by atoms with van der Waals surface area (Å²) in [6.07, 6.45) is 7.63. The summed E-state index contributed by atoms with van der Waals surface area (Å²) in [5.41, 5.74) is 2.51. The van der Waals surface area contributed by atoms with E-state index in [1.807, 2.05) is 6.07 Å². The van der Waals surface area contributed by atoms with Crippen LogP contribution in [0, 0.1) is 23.7 Å². The highest BCUT2D eigenvalue weighted by Gasteiger charge is 2.51. The van der Waals surface area contributed by atoms with Gasteiger partial charge in [0.2, 0.25) is 0 Å². The molecule has 0 aromatic heterocycles. The van der Waals surface area contributed by atoms with Gasteiger partial charge in [0.1, 0.15) is 5.78 Å². The van der Waals surface area contributed by atoms with Crippen LogP contribution in [-0.2, 0) is 4.79 Å². The molecule has 1 nitrogen and oxygen atoms in total. The molecular formula is C16H14O. The van der Waals surface area contributed by atoms with E-state index in [0.29, 0.717) is 23.5 Å². The summed E-state index contributed by atoms with van der Waals surface area (Å²) >= 11 is 0. The van der Waals surface area contributed by atoms with E-state index in [-0.39, 0.29) is 5.92 Å². The highest BCUT2D eigenvalue weighted by atomic mass is 16.1. The monoisotopic (exact) mass is 222 g/mol. The Morgan fingerprint density at radius 2 is 1.88 bits per heavy atom. The Labute approximate surface area is 101 Å². The van der Waals surface area contributed by atoms with Crippen LogP contribution in [0.1, 0.15) is 12.0 Å². The number of carbonyl (C=O) groups excluding carboxylic acids is 1. The van der Waals surface area contributed by atoms with Crippen molar-refractivity contribution in [3.8, 4) is 0 Å². The van der Waals surface area contributed by atoms with Gasteiger partial charge in [-0.2, -0.15) is 0 Å². The zero-order valence-electron chi connectivity index (χ0n) is 9.54. The molecule has 1 aromatic carbocycles. The van der Waals surface area contributed by atoms with Crippen LogP contribution in [0.3, 0.4) is 0 Å². The molecule has 1 aromatic rings. The zero-order valence-corrected chi connectivity index (χ0v) is 9.54. The number of benzene rings is 1. The molecule has 84 valence electrons. The van der Waals surface area contributed by atoms with Crippen molar-refractivity contribution in [2.24, 2.45) is 23.7 Å². The van der Waals surface area contributed by atoms with E-state index in [9.17, 15) is 4.79 Å². The van der Waals surface area contributed by atoms with Gasteiger partial charge in [0.05, 0.1) is 0 Å². The van der Waals surface area contributed by atoms with Crippen LogP contribution < -0.4 is 0 Å². The molecule has 0 N–H and O–H groups in total. The van der Waals surface area contributed by atoms with Gasteiger partial charge in [0.25, 0.3) is 0 Å². The Morgan fingerprint density at radius 3 is 2.71 bits per heavy atom. The Hall–Kier alpha value is -1.63. The molecule has 0 aliphatic heterocycles. The van der Waals surface area contributed by atoms with Gasteiger partial charge in [-0.15, -0.1) is 0 Å². The summed E-state index contributed by atoms with van der Waals surface area (Å²) < 4.78 is 0. The van der Waals surface area contributed by atoms with Crippen molar-refractivity contribution in [2.45, 2.75) is 6.42 Å². The van der Waals surface area contributed by atoms with Crippen LogP contribution in [0.25, 0.3) is 5.57 Å². The first-order valence-corrected chi connectivity index (χ1v) is 6.33. The van der Waals surface area contributed by atoms with E-state index in [1.165, 1.54) is 11.1 Å². The van der Waals surface area contributed by atoms with E-state index in [1.54, 1.807) is 0 Å². The fraction of sp³-hybridized carbons (Fsp3) is 0.312. The van der Waals surface area contributed by atoms with Crippen LogP contribution in [-0.4, -0.2) is 5.78 Å². The third kappa shape index (κ3) is 1.17. The van der Waals surface area contributed by atoms with Gasteiger partial charge >= 0.3 is 0 Å². The average molecular weight is 222 g/mol. The van der Waals surface area contributed by atoms with Crippen molar-refractivity contribution in [2.75, 3.05) is 0 Å². The molecule has 4 rings (SSSR count). The first-order chi connectivity index (χ1) is 8.34. The van der Waals surface area contributed by atoms with Gasteiger partial charge in [-0.3, -0.25) is 4.79 Å². The van der Waals surface area contributed by atoms with Crippen LogP contribution in [0.4, 0.5) is 0 Å². The molecular weight excluding hydrogens is 208 g/mol. The molecule has 0 amide bonds. The standard InChI is InChI=1S/C16H14O/c17-14-9-12-7-6-11-8-13(16(14)15(11)12)10-4-2-1-3-5-10/h1-8,11-12,15-16H,9H2/t11-,12-,15+,16-/m0/s1.